The normalized spacial score (nSPS) is 13.3. The first-order valence-electron chi connectivity index (χ1n) is 9.49. The maximum atomic E-state index is 12.1. The summed E-state index contributed by atoms with van der Waals surface area (Å²) in [4.78, 5) is 28.2. The van der Waals surface area contributed by atoms with Crippen molar-refractivity contribution >= 4 is 11.5 Å². The van der Waals surface area contributed by atoms with E-state index < -0.39 is 0 Å². The minimum Gasteiger partial charge on any atom is -0.381 e. The molecule has 0 bridgehead atoms. The summed E-state index contributed by atoms with van der Waals surface area (Å²) < 4.78 is 1.62. The zero-order valence-corrected chi connectivity index (χ0v) is 16.2. The van der Waals surface area contributed by atoms with E-state index >= 15 is 0 Å². The molecule has 0 spiro atoms. The average molecular weight is 373 g/mol. The molecule has 0 fully saturated rings. The number of aromatic nitrogens is 2. The number of nitrogens with zero attached hydrogens (tertiary/aromatic N) is 2. The van der Waals surface area contributed by atoms with Crippen molar-refractivity contribution in [2.24, 2.45) is 7.05 Å². The SMILES string of the molecule is Cc1cc(-c2cc3c(c(NCc4ccncc4)c2)CC(=O)CC3)cn(C)c1=O. The predicted molar refractivity (Wildman–Crippen MR) is 110 cm³/mol. The molecule has 2 heterocycles. The lowest BCUT2D eigenvalue weighted by Gasteiger charge is -2.22. The van der Waals surface area contributed by atoms with Crippen LogP contribution >= 0.6 is 0 Å². The number of carbonyl (C=O) groups is 1. The Balaban J connectivity index is 1.76. The first kappa shape index (κ1) is 18.2. The number of anilines is 1. The van der Waals surface area contributed by atoms with Crippen LogP contribution in [0, 0.1) is 6.92 Å². The van der Waals surface area contributed by atoms with Gasteiger partial charge in [0.2, 0.25) is 0 Å². The van der Waals surface area contributed by atoms with Crippen LogP contribution in [-0.4, -0.2) is 15.3 Å². The van der Waals surface area contributed by atoms with E-state index in [1.165, 1.54) is 5.56 Å². The lowest BCUT2D eigenvalue weighted by molar-refractivity contribution is -0.118. The zero-order chi connectivity index (χ0) is 19.7. The van der Waals surface area contributed by atoms with Gasteiger partial charge in [-0.2, -0.15) is 0 Å². The molecule has 0 radical (unpaired) electrons. The Morgan fingerprint density at radius 3 is 2.61 bits per heavy atom. The number of benzene rings is 1. The fraction of sp³-hybridized carbons (Fsp3) is 0.261. The Hall–Kier alpha value is -3.21. The summed E-state index contributed by atoms with van der Waals surface area (Å²) in [6, 6.07) is 10.1. The van der Waals surface area contributed by atoms with Gasteiger partial charge in [0.05, 0.1) is 0 Å². The summed E-state index contributed by atoms with van der Waals surface area (Å²) in [5.41, 5.74) is 7.23. The molecule has 0 saturated heterocycles. The van der Waals surface area contributed by atoms with Gasteiger partial charge in [-0.3, -0.25) is 14.6 Å². The van der Waals surface area contributed by atoms with E-state index in [0.717, 1.165) is 39.9 Å². The van der Waals surface area contributed by atoms with E-state index in [0.29, 0.717) is 19.4 Å². The minimum atomic E-state index is 0.0170. The number of aryl methyl sites for hydroxylation is 3. The predicted octanol–water partition coefficient (Wildman–Crippen LogP) is 3.43. The topological polar surface area (TPSA) is 64.0 Å². The fourth-order valence-electron chi connectivity index (χ4n) is 3.78. The number of carbonyl (C=O) groups excluding carboxylic acids is 1. The van der Waals surface area contributed by atoms with Crippen molar-refractivity contribution in [1.82, 2.24) is 9.55 Å². The number of nitrogens with one attached hydrogen (secondary N) is 1. The van der Waals surface area contributed by atoms with Crippen LogP contribution in [0.25, 0.3) is 11.1 Å². The van der Waals surface area contributed by atoms with E-state index in [-0.39, 0.29) is 11.3 Å². The molecule has 0 atom stereocenters. The zero-order valence-electron chi connectivity index (χ0n) is 16.2. The number of hydrogen-bond acceptors (Lipinski definition) is 4. The van der Waals surface area contributed by atoms with Gasteiger partial charge in [-0.25, -0.2) is 0 Å². The molecule has 4 rings (SSSR count). The molecule has 28 heavy (non-hydrogen) atoms. The third-order valence-corrected chi connectivity index (χ3v) is 5.32. The van der Waals surface area contributed by atoms with Gasteiger partial charge >= 0.3 is 0 Å². The van der Waals surface area contributed by atoms with Crippen molar-refractivity contribution in [3.8, 4) is 11.1 Å². The van der Waals surface area contributed by atoms with Gasteiger partial charge in [-0.05, 0) is 65.4 Å². The molecule has 0 aliphatic heterocycles. The lowest BCUT2D eigenvalue weighted by atomic mass is 9.87. The second-order valence-corrected chi connectivity index (χ2v) is 7.41. The molecule has 0 saturated carbocycles. The van der Waals surface area contributed by atoms with Crippen LogP contribution in [0.4, 0.5) is 5.69 Å². The van der Waals surface area contributed by atoms with Crippen LogP contribution in [0.15, 0.2) is 53.7 Å². The summed E-state index contributed by atoms with van der Waals surface area (Å²) in [5, 5.41) is 3.51. The maximum absolute atomic E-state index is 12.1. The molecule has 3 aromatic rings. The highest BCUT2D eigenvalue weighted by atomic mass is 16.1. The Morgan fingerprint density at radius 2 is 1.86 bits per heavy atom. The minimum absolute atomic E-state index is 0.0170. The summed E-state index contributed by atoms with van der Waals surface area (Å²) >= 11 is 0. The Kier molecular flexibility index (Phi) is 4.82. The average Bonchev–Trinajstić information content (AvgIpc) is 2.70. The van der Waals surface area contributed by atoms with Crippen molar-refractivity contribution in [1.29, 1.82) is 0 Å². The lowest BCUT2D eigenvalue weighted by Crippen LogP contribution is -2.19. The molecule has 1 aromatic carbocycles. The summed E-state index contributed by atoms with van der Waals surface area (Å²) in [5.74, 6) is 0.283. The van der Waals surface area contributed by atoms with Crippen molar-refractivity contribution in [2.45, 2.75) is 32.7 Å². The van der Waals surface area contributed by atoms with Gasteiger partial charge in [0, 0.05) is 56.3 Å². The van der Waals surface area contributed by atoms with Gasteiger partial charge in [0.15, 0.2) is 0 Å². The van der Waals surface area contributed by atoms with Gasteiger partial charge in [-0.1, -0.05) is 6.07 Å². The summed E-state index contributed by atoms with van der Waals surface area (Å²) in [6.45, 7) is 2.50. The quantitative estimate of drug-likeness (QED) is 0.761. The van der Waals surface area contributed by atoms with Crippen molar-refractivity contribution in [2.75, 3.05) is 5.32 Å². The Labute approximate surface area is 164 Å². The molecule has 5 nitrogen and oxygen atoms in total. The number of rotatable bonds is 4. The van der Waals surface area contributed by atoms with E-state index in [2.05, 4.69) is 22.4 Å². The third-order valence-electron chi connectivity index (χ3n) is 5.32. The molecule has 5 heteroatoms. The van der Waals surface area contributed by atoms with E-state index in [9.17, 15) is 9.59 Å². The summed E-state index contributed by atoms with van der Waals surface area (Å²) in [6.07, 6.45) is 7.25. The highest BCUT2D eigenvalue weighted by Gasteiger charge is 2.20. The summed E-state index contributed by atoms with van der Waals surface area (Å²) in [7, 11) is 1.78. The Bertz CT molecular complexity index is 1070. The maximum Gasteiger partial charge on any atom is 0.253 e. The molecule has 2 aromatic heterocycles. The monoisotopic (exact) mass is 373 g/mol. The van der Waals surface area contributed by atoms with Gasteiger partial charge in [0.1, 0.15) is 5.78 Å². The molecule has 142 valence electrons. The molecular formula is C23H23N3O2. The second-order valence-electron chi connectivity index (χ2n) is 7.41. The number of pyridine rings is 2. The van der Waals surface area contributed by atoms with Gasteiger partial charge < -0.3 is 9.88 Å². The van der Waals surface area contributed by atoms with Crippen LogP contribution in [0.5, 0.6) is 0 Å². The first-order valence-corrected chi connectivity index (χ1v) is 9.49. The van der Waals surface area contributed by atoms with Crippen LogP contribution < -0.4 is 10.9 Å². The standard InChI is InChI=1S/C23H23N3O2/c1-15-9-19(14-26(2)23(15)28)18-10-17-3-4-20(27)12-21(17)22(11-18)25-13-16-5-7-24-8-6-16/h5-11,14,25H,3-4,12-13H2,1-2H3. The largest absolute Gasteiger partial charge is 0.381 e. The highest BCUT2D eigenvalue weighted by molar-refractivity contribution is 5.86. The number of ketones is 1. The third kappa shape index (κ3) is 3.60. The molecular weight excluding hydrogens is 350 g/mol. The van der Waals surface area contributed by atoms with Gasteiger partial charge in [0.25, 0.3) is 5.56 Å². The van der Waals surface area contributed by atoms with Crippen molar-refractivity contribution in [3.63, 3.8) is 0 Å². The van der Waals surface area contributed by atoms with Crippen LogP contribution in [0.3, 0.4) is 0 Å². The first-order chi connectivity index (χ1) is 13.5. The van der Waals surface area contributed by atoms with Gasteiger partial charge in [-0.15, -0.1) is 0 Å². The van der Waals surface area contributed by atoms with Crippen LogP contribution in [-0.2, 0) is 31.2 Å². The Morgan fingerprint density at radius 1 is 1.07 bits per heavy atom. The molecule has 0 amide bonds. The van der Waals surface area contributed by atoms with Crippen molar-refractivity contribution < 1.29 is 4.79 Å². The van der Waals surface area contributed by atoms with E-state index in [4.69, 9.17) is 0 Å². The molecule has 1 N–H and O–H groups in total. The van der Waals surface area contributed by atoms with Crippen LogP contribution in [0.1, 0.15) is 28.7 Å². The smallest absolute Gasteiger partial charge is 0.253 e. The number of hydrogen-bond donors (Lipinski definition) is 1. The van der Waals surface area contributed by atoms with Crippen molar-refractivity contribution in [3.05, 3.63) is 81.5 Å². The van der Waals surface area contributed by atoms with E-state index in [1.807, 2.05) is 31.3 Å². The number of Topliss-reactive ketones (excluding diaryl/α,β-unsaturated/α-hetero) is 1. The van der Waals surface area contributed by atoms with E-state index in [1.54, 1.807) is 24.0 Å². The number of fused-ring (bicyclic) bond motifs is 1. The molecule has 0 unspecified atom stereocenters. The van der Waals surface area contributed by atoms with Crippen LogP contribution in [0.2, 0.25) is 0 Å². The molecule has 1 aliphatic rings. The second kappa shape index (κ2) is 7.43. The fourth-order valence-corrected chi connectivity index (χ4v) is 3.78. The molecule has 1 aliphatic carbocycles. The highest BCUT2D eigenvalue weighted by Crippen LogP contribution is 2.33.